The maximum absolute atomic E-state index is 5.90. The van der Waals surface area contributed by atoms with Gasteiger partial charge in [-0.2, -0.15) is 0 Å². The first kappa shape index (κ1) is 11.7. The number of nitrogens with zero attached hydrogens (tertiary/aromatic N) is 1. The van der Waals surface area contributed by atoms with Crippen molar-refractivity contribution in [1.82, 2.24) is 4.90 Å². The van der Waals surface area contributed by atoms with Gasteiger partial charge in [-0.25, -0.2) is 0 Å². The van der Waals surface area contributed by atoms with Crippen molar-refractivity contribution in [2.75, 3.05) is 13.1 Å². The van der Waals surface area contributed by atoms with Crippen molar-refractivity contribution >= 4 is 0 Å². The van der Waals surface area contributed by atoms with Crippen molar-refractivity contribution < 1.29 is 4.42 Å². The highest BCUT2D eigenvalue weighted by molar-refractivity contribution is 5.12. The van der Waals surface area contributed by atoms with E-state index in [1.54, 1.807) is 0 Å². The molecule has 0 saturated carbocycles. The zero-order chi connectivity index (χ0) is 11.5. The normalized spacial score (nSPS) is 23.8. The van der Waals surface area contributed by atoms with Crippen molar-refractivity contribution in [3.8, 4) is 0 Å². The van der Waals surface area contributed by atoms with E-state index < -0.39 is 0 Å². The van der Waals surface area contributed by atoms with Crippen molar-refractivity contribution in [2.24, 2.45) is 5.73 Å². The van der Waals surface area contributed by atoms with Crippen LogP contribution in [0.1, 0.15) is 44.3 Å². The molecule has 2 unspecified atom stereocenters. The number of hydrogen-bond acceptors (Lipinski definition) is 3. The number of hydrogen-bond donors (Lipinski definition) is 1. The van der Waals surface area contributed by atoms with Gasteiger partial charge in [0.15, 0.2) is 0 Å². The van der Waals surface area contributed by atoms with Gasteiger partial charge in [-0.3, -0.25) is 4.90 Å². The van der Waals surface area contributed by atoms with Crippen LogP contribution in [0.3, 0.4) is 0 Å². The summed E-state index contributed by atoms with van der Waals surface area (Å²) in [5.74, 6) is 2.09. The SMILES string of the molecule is CCc1ccc(C(CN)N2CCCC2C)o1. The number of rotatable bonds is 4. The summed E-state index contributed by atoms with van der Waals surface area (Å²) in [4.78, 5) is 2.47. The summed E-state index contributed by atoms with van der Waals surface area (Å²) in [6, 6.07) is 5.04. The lowest BCUT2D eigenvalue weighted by Crippen LogP contribution is -2.35. The van der Waals surface area contributed by atoms with Gasteiger partial charge >= 0.3 is 0 Å². The number of aryl methyl sites for hydroxylation is 1. The van der Waals surface area contributed by atoms with Gasteiger partial charge in [-0.05, 0) is 38.4 Å². The van der Waals surface area contributed by atoms with E-state index >= 15 is 0 Å². The van der Waals surface area contributed by atoms with Gasteiger partial charge in [0.1, 0.15) is 11.5 Å². The molecule has 1 aliphatic heterocycles. The Balaban J connectivity index is 2.15. The molecule has 2 heterocycles. The molecule has 0 amide bonds. The van der Waals surface area contributed by atoms with Crippen LogP contribution in [0.2, 0.25) is 0 Å². The molecular formula is C13H22N2O. The van der Waals surface area contributed by atoms with E-state index in [0.29, 0.717) is 12.6 Å². The molecule has 1 saturated heterocycles. The molecular weight excluding hydrogens is 200 g/mol. The molecule has 1 fully saturated rings. The zero-order valence-corrected chi connectivity index (χ0v) is 10.3. The minimum absolute atomic E-state index is 0.262. The lowest BCUT2D eigenvalue weighted by molar-refractivity contribution is 0.172. The molecule has 0 spiro atoms. The molecule has 1 aliphatic rings. The molecule has 2 N–H and O–H groups in total. The molecule has 2 atom stereocenters. The van der Waals surface area contributed by atoms with Gasteiger partial charge in [-0.1, -0.05) is 6.92 Å². The van der Waals surface area contributed by atoms with Crippen molar-refractivity contribution in [3.05, 3.63) is 23.7 Å². The number of furan rings is 1. The van der Waals surface area contributed by atoms with Crippen LogP contribution in [0.15, 0.2) is 16.5 Å². The van der Waals surface area contributed by atoms with E-state index in [1.165, 1.54) is 12.8 Å². The van der Waals surface area contributed by atoms with Gasteiger partial charge in [-0.15, -0.1) is 0 Å². The number of nitrogens with two attached hydrogens (primary N) is 1. The summed E-state index contributed by atoms with van der Waals surface area (Å²) in [5.41, 5.74) is 5.90. The summed E-state index contributed by atoms with van der Waals surface area (Å²) in [5, 5.41) is 0. The topological polar surface area (TPSA) is 42.4 Å². The summed E-state index contributed by atoms with van der Waals surface area (Å²) in [6.45, 7) is 6.17. The molecule has 3 heteroatoms. The molecule has 90 valence electrons. The smallest absolute Gasteiger partial charge is 0.122 e. The fraction of sp³-hybridized carbons (Fsp3) is 0.692. The van der Waals surface area contributed by atoms with Crippen LogP contribution in [0.25, 0.3) is 0 Å². The molecule has 0 bridgehead atoms. The predicted octanol–water partition coefficient (Wildman–Crippen LogP) is 2.33. The Bertz CT molecular complexity index is 334. The second kappa shape index (κ2) is 5.02. The number of likely N-dealkylation sites (tertiary alicyclic amines) is 1. The van der Waals surface area contributed by atoms with E-state index in [-0.39, 0.29) is 6.04 Å². The van der Waals surface area contributed by atoms with Crippen LogP contribution in [0.5, 0.6) is 0 Å². The molecule has 16 heavy (non-hydrogen) atoms. The molecule has 0 radical (unpaired) electrons. The Morgan fingerprint density at radius 1 is 1.56 bits per heavy atom. The van der Waals surface area contributed by atoms with Crippen molar-refractivity contribution in [2.45, 2.75) is 45.2 Å². The summed E-state index contributed by atoms with van der Waals surface area (Å²) in [7, 11) is 0. The Morgan fingerprint density at radius 2 is 2.38 bits per heavy atom. The van der Waals surface area contributed by atoms with E-state index in [4.69, 9.17) is 10.2 Å². The van der Waals surface area contributed by atoms with Crippen LogP contribution >= 0.6 is 0 Å². The van der Waals surface area contributed by atoms with Crippen LogP contribution in [0.4, 0.5) is 0 Å². The van der Waals surface area contributed by atoms with E-state index in [9.17, 15) is 0 Å². The van der Waals surface area contributed by atoms with Crippen LogP contribution in [-0.2, 0) is 6.42 Å². The molecule has 3 nitrogen and oxygen atoms in total. The van der Waals surface area contributed by atoms with Crippen LogP contribution in [0, 0.1) is 0 Å². The van der Waals surface area contributed by atoms with Crippen LogP contribution < -0.4 is 5.73 Å². The average Bonchev–Trinajstić information content (AvgIpc) is 2.90. The fourth-order valence-corrected chi connectivity index (χ4v) is 2.60. The average molecular weight is 222 g/mol. The molecule has 1 aromatic rings. The van der Waals surface area contributed by atoms with Crippen LogP contribution in [-0.4, -0.2) is 24.0 Å². The lowest BCUT2D eigenvalue weighted by Gasteiger charge is -2.28. The van der Waals surface area contributed by atoms with Gasteiger partial charge < -0.3 is 10.2 Å². The predicted molar refractivity (Wildman–Crippen MR) is 65.3 cm³/mol. The summed E-state index contributed by atoms with van der Waals surface area (Å²) < 4.78 is 5.82. The maximum Gasteiger partial charge on any atom is 0.122 e. The quantitative estimate of drug-likeness (QED) is 0.850. The zero-order valence-electron chi connectivity index (χ0n) is 10.3. The molecule has 0 aromatic carbocycles. The third-order valence-electron chi connectivity index (χ3n) is 3.59. The monoisotopic (exact) mass is 222 g/mol. The van der Waals surface area contributed by atoms with Crippen molar-refractivity contribution in [1.29, 1.82) is 0 Å². The van der Waals surface area contributed by atoms with Crippen molar-refractivity contribution in [3.63, 3.8) is 0 Å². The standard InChI is InChI=1S/C13H22N2O/c1-3-11-6-7-13(16-11)12(9-14)15-8-4-5-10(15)2/h6-7,10,12H,3-5,8-9,14H2,1-2H3. The summed E-state index contributed by atoms with van der Waals surface area (Å²) >= 11 is 0. The lowest BCUT2D eigenvalue weighted by atomic mass is 10.1. The highest BCUT2D eigenvalue weighted by atomic mass is 16.3. The second-order valence-corrected chi connectivity index (χ2v) is 4.64. The summed E-state index contributed by atoms with van der Waals surface area (Å²) in [6.07, 6.45) is 3.50. The minimum atomic E-state index is 0.262. The van der Waals surface area contributed by atoms with E-state index in [1.807, 2.05) is 0 Å². The van der Waals surface area contributed by atoms with Gasteiger partial charge in [0.2, 0.25) is 0 Å². The Kier molecular flexibility index (Phi) is 3.66. The molecule has 1 aromatic heterocycles. The maximum atomic E-state index is 5.90. The van der Waals surface area contributed by atoms with Gasteiger partial charge in [0, 0.05) is 19.0 Å². The fourth-order valence-electron chi connectivity index (χ4n) is 2.60. The Labute approximate surface area is 97.6 Å². The minimum Gasteiger partial charge on any atom is -0.464 e. The highest BCUT2D eigenvalue weighted by Gasteiger charge is 2.29. The Hall–Kier alpha value is -0.800. The molecule has 0 aliphatic carbocycles. The van der Waals surface area contributed by atoms with E-state index in [0.717, 1.165) is 24.5 Å². The first-order chi connectivity index (χ1) is 7.76. The van der Waals surface area contributed by atoms with E-state index in [2.05, 4.69) is 30.9 Å². The third-order valence-corrected chi connectivity index (χ3v) is 3.59. The first-order valence-electron chi connectivity index (χ1n) is 6.30. The Morgan fingerprint density at radius 3 is 2.88 bits per heavy atom. The first-order valence-corrected chi connectivity index (χ1v) is 6.30. The third kappa shape index (κ3) is 2.15. The van der Waals surface area contributed by atoms with Gasteiger partial charge in [0.25, 0.3) is 0 Å². The second-order valence-electron chi connectivity index (χ2n) is 4.64. The highest BCUT2D eigenvalue weighted by Crippen LogP contribution is 2.29. The molecule has 2 rings (SSSR count). The largest absolute Gasteiger partial charge is 0.464 e. The van der Waals surface area contributed by atoms with Gasteiger partial charge in [0.05, 0.1) is 6.04 Å².